The number of anilines is 1. The smallest absolute Gasteiger partial charge is 0.311 e. The highest BCUT2D eigenvalue weighted by Crippen LogP contribution is 2.27. The maximum atomic E-state index is 12.8. The average molecular weight is 327 g/mol. The van der Waals surface area contributed by atoms with Gasteiger partial charge in [-0.2, -0.15) is 5.26 Å². The van der Waals surface area contributed by atoms with Crippen molar-refractivity contribution in [3.05, 3.63) is 69.5 Å². The highest BCUT2D eigenvalue weighted by molar-refractivity contribution is 6.09. The Kier molecular flexibility index (Phi) is 4.87. The number of carbonyl (C=O) groups excluding carboxylic acids is 1. The molecular formula is C16H10FN3O4. The van der Waals surface area contributed by atoms with Gasteiger partial charge in [0.05, 0.1) is 4.92 Å². The Labute approximate surface area is 135 Å². The number of halogens is 1. The zero-order valence-corrected chi connectivity index (χ0v) is 12.1. The fourth-order valence-electron chi connectivity index (χ4n) is 1.82. The van der Waals surface area contributed by atoms with Crippen LogP contribution >= 0.6 is 0 Å². The molecule has 1 amide bonds. The number of amides is 1. The highest BCUT2D eigenvalue weighted by Gasteiger charge is 2.15. The van der Waals surface area contributed by atoms with E-state index in [1.165, 1.54) is 18.2 Å². The van der Waals surface area contributed by atoms with Crippen molar-refractivity contribution >= 4 is 23.4 Å². The first-order valence-electron chi connectivity index (χ1n) is 6.57. The van der Waals surface area contributed by atoms with Crippen molar-refractivity contribution in [2.24, 2.45) is 0 Å². The number of nitro benzene ring substituents is 1. The van der Waals surface area contributed by atoms with Crippen molar-refractivity contribution in [3.63, 3.8) is 0 Å². The molecule has 7 nitrogen and oxygen atoms in total. The molecule has 0 saturated carbocycles. The third-order valence-corrected chi connectivity index (χ3v) is 2.97. The summed E-state index contributed by atoms with van der Waals surface area (Å²) in [6.07, 6.45) is 1.14. The Bertz CT molecular complexity index is 870. The number of nitrogens with one attached hydrogen (secondary N) is 1. The molecule has 0 unspecified atom stereocenters. The number of carbonyl (C=O) groups is 1. The second-order valence-electron chi connectivity index (χ2n) is 4.64. The van der Waals surface area contributed by atoms with Crippen LogP contribution in [0.2, 0.25) is 0 Å². The minimum atomic E-state index is -0.780. The molecule has 120 valence electrons. The van der Waals surface area contributed by atoms with Crippen LogP contribution in [0.3, 0.4) is 0 Å². The molecule has 0 aliphatic rings. The fraction of sp³-hybridized carbons (Fsp3) is 0. The van der Waals surface area contributed by atoms with E-state index in [2.05, 4.69) is 5.32 Å². The lowest BCUT2D eigenvalue weighted by Crippen LogP contribution is -2.13. The molecule has 0 heterocycles. The van der Waals surface area contributed by atoms with E-state index in [1.807, 2.05) is 0 Å². The van der Waals surface area contributed by atoms with Gasteiger partial charge in [-0.15, -0.1) is 0 Å². The van der Waals surface area contributed by atoms with Gasteiger partial charge in [0.2, 0.25) is 0 Å². The summed E-state index contributed by atoms with van der Waals surface area (Å²) in [6.45, 7) is 0. The zero-order chi connectivity index (χ0) is 17.7. The molecular weight excluding hydrogens is 317 g/mol. The second kappa shape index (κ2) is 7.02. The van der Waals surface area contributed by atoms with Crippen LogP contribution in [-0.4, -0.2) is 15.9 Å². The van der Waals surface area contributed by atoms with Gasteiger partial charge in [0.1, 0.15) is 17.5 Å². The lowest BCUT2D eigenvalue weighted by Gasteiger charge is -2.04. The summed E-state index contributed by atoms with van der Waals surface area (Å²) in [5.74, 6) is -1.74. The fourth-order valence-corrected chi connectivity index (χ4v) is 1.82. The molecule has 0 saturated heterocycles. The van der Waals surface area contributed by atoms with Crippen molar-refractivity contribution in [2.75, 3.05) is 5.32 Å². The molecule has 2 aromatic rings. The monoisotopic (exact) mass is 327 g/mol. The quantitative estimate of drug-likeness (QED) is 0.387. The number of benzene rings is 2. The number of nitro groups is 1. The van der Waals surface area contributed by atoms with Gasteiger partial charge in [-0.25, -0.2) is 4.39 Å². The Balaban J connectivity index is 2.27. The molecule has 8 heteroatoms. The van der Waals surface area contributed by atoms with E-state index < -0.39 is 28.1 Å². The van der Waals surface area contributed by atoms with Crippen LogP contribution in [0.4, 0.5) is 15.8 Å². The van der Waals surface area contributed by atoms with Gasteiger partial charge in [-0.3, -0.25) is 14.9 Å². The predicted molar refractivity (Wildman–Crippen MR) is 83.4 cm³/mol. The molecule has 2 aromatic carbocycles. The van der Waals surface area contributed by atoms with Gasteiger partial charge in [-0.1, -0.05) is 6.07 Å². The van der Waals surface area contributed by atoms with Crippen molar-refractivity contribution in [1.29, 1.82) is 5.26 Å². The number of phenolic OH excluding ortho intramolecular Hbond substituents is 1. The topological polar surface area (TPSA) is 116 Å². The molecule has 2 N–H and O–H groups in total. The molecule has 2 rings (SSSR count). The summed E-state index contributed by atoms with van der Waals surface area (Å²) in [4.78, 5) is 22.0. The van der Waals surface area contributed by atoms with Crippen LogP contribution < -0.4 is 5.32 Å². The molecule has 0 fully saturated rings. The van der Waals surface area contributed by atoms with Crippen LogP contribution in [0.15, 0.2) is 48.0 Å². The Morgan fingerprint density at radius 1 is 1.29 bits per heavy atom. The van der Waals surface area contributed by atoms with Gasteiger partial charge in [0.15, 0.2) is 5.75 Å². The largest absolute Gasteiger partial charge is 0.502 e. The maximum Gasteiger partial charge on any atom is 0.311 e. The number of aromatic hydroxyl groups is 1. The number of phenols is 1. The summed E-state index contributed by atoms with van der Waals surface area (Å²) >= 11 is 0. The first-order chi connectivity index (χ1) is 11.4. The van der Waals surface area contributed by atoms with Crippen LogP contribution in [-0.2, 0) is 4.79 Å². The minimum absolute atomic E-state index is 0.199. The van der Waals surface area contributed by atoms with E-state index in [0.717, 1.165) is 30.3 Å². The minimum Gasteiger partial charge on any atom is -0.502 e. The van der Waals surface area contributed by atoms with Crippen LogP contribution in [0, 0.1) is 27.3 Å². The van der Waals surface area contributed by atoms with Crippen LogP contribution in [0.5, 0.6) is 5.75 Å². The van der Waals surface area contributed by atoms with E-state index in [9.17, 15) is 24.4 Å². The molecule has 0 spiro atoms. The summed E-state index contributed by atoms with van der Waals surface area (Å²) in [7, 11) is 0. The molecule has 0 radical (unpaired) electrons. The zero-order valence-electron chi connectivity index (χ0n) is 12.1. The maximum absolute atomic E-state index is 12.8. The number of nitrogens with zero attached hydrogens (tertiary/aromatic N) is 2. The van der Waals surface area contributed by atoms with E-state index >= 15 is 0 Å². The summed E-state index contributed by atoms with van der Waals surface area (Å²) in [5, 5.41) is 31.7. The molecule has 0 aliphatic heterocycles. The van der Waals surface area contributed by atoms with Crippen molar-refractivity contribution < 1.29 is 19.2 Å². The Morgan fingerprint density at radius 3 is 2.54 bits per heavy atom. The molecule has 0 bridgehead atoms. The highest BCUT2D eigenvalue weighted by atomic mass is 19.1. The average Bonchev–Trinajstić information content (AvgIpc) is 2.55. The first-order valence-corrected chi connectivity index (χ1v) is 6.57. The normalized spacial score (nSPS) is 10.8. The summed E-state index contributed by atoms with van der Waals surface area (Å²) in [5.41, 5.74) is -0.358. The first kappa shape index (κ1) is 16.6. The van der Waals surface area contributed by atoms with Crippen molar-refractivity contribution in [3.8, 4) is 11.8 Å². The van der Waals surface area contributed by atoms with E-state index in [4.69, 9.17) is 5.26 Å². The number of nitriles is 1. The Hall–Kier alpha value is -3.73. The number of hydrogen-bond acceptors (Lipinski definition) is 5. The van der Waals surface area contributed by atoms with E-state index in [-0.39, 0.29) is 11.1 Å². The predicted octanol–water partition coefficient (Wildman–Crippen LogP) is 2.99. The lowest BCUT2D eigenvalue weighted by atomic mass is 10.1. The lowest BCUT2D eigenvalue weighted by molar-refractivity contribution is -0.385. The van der Waals surface area contributed by atoms with Gasteiger partial charge in [0, 0.05) is 11.8 Å². The van der Waals surface area contributed by atoms with E-state index in [1.54, 1.807) is 6.07 Å². The van der Waals surface area contributed by atoms with E-state index in [0.29, 0.717) is 5.69 Å². The third-order valence-electron chi connectivity index (χ3n) is 2.97. The molecule has 24 heavy (non-hydrogen) atoms. The van der Waals surface area contributed by atoms with Gasteiger partial charge >= 0.3 is 5.69 Å². The van der Waals surface area contributed by atoms with Crippen LogP contribution in [0.1, 0.15) is 5.56 Å². The molecule has 0 aromatic heterocycles. The number of hydrogen-bond donors (Lipinski definition) is 2. The molecule has 0 atom stereocenters. The van der Waals surface area contributed by atoms with Crippen LogP contribution in [0.25, 0.3) is 6.08 Å². The van der Waals surface area contributed by atoms with Gasteiger partial charge < -0.3 is 10.4 Å². The molecule has 0 aliphatic carbocycles. The second-order valence-corrected chi connectivity index (χ2v) is 4.64. The van der Waals surface area contributed by atoms with Gasteiger partial charge in [0.25, 0.3) is 5.91 Å². The standard InChI is InChI=1S/C16H10FN3O4/c17-12-2-4-13(5-3-12)19-16(22)11(9-18)7-10-1-6-15(21)14(8-10)20(23)24/h1-8,21H,(H,19,22)/b11-7-. The third kappa shape index (κ3) is 3.92. The summed E-state index contributed by atoms with van der Waals surface area (Å²) in [6, 6.07) is 10.1. The Morgan fingerprint density at radius 2 is 1.96 bits per heavy atom. The summed E-state index contributed by atoms with van der Waals surface area (Å²) < 4.78 is 12.8. The number of rotatable bonds is 4. The SMILES string of the molecule is N#C/C(=C/c1ccc(O)c([N+](=O)[O-])c1)C(=O)Nc1ccc(F)cc1. The van der Waals surface area contributed by atoms with Crippen molar-refractivity contribution in [1.82, 2.24) is 0 Å². The van der Waals surface area contributed by atoms with Crippen molar-refractivity contribution in [2.45, 2.75) is 0 Å². The van der Waals surface area contributed by atoms with Gasteiger partial charge in [-0.05, 0) is 42.0 Å².